The van der Waals surface area contributed by atoms with Gasteiger partial charge >= 0.3 is 0 Å². The average molecular weight is 429 g/mol. The molecule has 0 saturated carbocycles. The van der Waals surface area contributed by atoms with Gasteiger partial charge in [-0.05, 0) is 35.6 Å². The Bertz CT molecular complexity index is 1250. The van der Waals surface area contributed by atoms with Crippen molar-refractivity contribution >= 4 is 34.0 Å². The highest BCUT2D eigenvalue weighted by Gasteiger charge is 2.44. The maximum absolute atomic E-state index is 13.4. The number of Topliss-reactive ketones (excluding diaryl/α,β-unsaturated/α-hetero) is 1. The molecule has 0 bridgehead atoms. The number of hydrogen-bond acceptors (Lipinski definition) is 5. The lowest BCUT2D eigenvalue weighted by Crippen LogP contribution is -2.32. The van der Waals surface area contributed by atoms with Crippen molar-refractivity contribution in [3.63, 3.8) is 0 Å². The summed E-state index contributed by atoms with van der Waals surface area (Å²) in [5.74, 6) is -1.39. The van der Waals surface area contributed by atoms with Gasteiger partial charge in [-0.15, -0.1) is 11.3 Å². The zero-order chi connectivity index (χ0) is 21.4. The van der Waals surface area contributed by atoms with E-state index >= 15 is 0 Å². The fourth-order valence-electron chi connectivity index (χ4n) is 3.98. The topological polar surface area (TPSA) is 70.8 Å². The maximum atomic E-state index is 13.4. The molecule has 1 N–H and O–H groups in total. The van der Waals surface area contributed by atoms with Crippen molar-refractivity contribution in [1.82, 2.24) is 4.90 Å². The largest absolute Gasteiger partial charge is 0.503 e. The van der Waals surface area contributed by atoms with Gasteiger partial charge in [-0.2, -0.15) is 0 Å². The second-order valence-corrected chi connectivity index (χ2v) is 8.37. The molecule has 5 nitrogen and oxygen atoms in total. The zero-order valence-electron chi connectivity index (χ0n) is 16.5. The molecule has 0 aliphatic carbocycles. The first-order chi connectivity index (χ1) is 15.1. The van der Waals surface area contributed by atoms with Gasteiger partial charge in [0.1, 0.15) is 5.58 Å². The van der Waals surface area contributed by atoms with Crippen LogP contribution in [0.15, 0.2) is 93.9 Å². The lowest BCUT2D eigenvalue weighted by molar-refractivity contribution is -0.129. The Labute approximate surface area is 182 Å². The van der Waals surface area contributed by atoms with Crippen molar-refractivity contribution in [2.45, 2.75) is 12.5 Å². The van der Waals surface area contributed by atoms with Crippen LogP contribution in [0.2, 0.25) is 0 Å². The third-order valence-corrected chi connectivity index (χ3v) is 6.42. The van der Waals surface area contributed by atoms with Crippen molar-refractivity contribution < 1.29 is 19.1 Å². The fraction of sp³-hybridized carbons (Fsp3) is 0.120. The second-order valence-electron chi connectivity index (χ2n) is 7.39. The minimum absolute atomic E-state index is 0.0690. The number of nitrogens with zero attached hydrogens (tertiary/aromatic N) is 1. The number of thiophene rings is 1. The number of rotatable bonds is 6. The highest BCUT2D eigenvalue weighted by Crippen LogP contribution is 2.41. The quantitative estimate of drug-likeness (QED) is 0.422. The molecule has 6 heteroatoms. The number of furan rings is 1. The summed E-state index contributed by atoms with van der Waals surface area (Å²) in [7, 11) is 0. The minimum Gasteiger partial charge on any atom is -0.503 e. The second kappa shape index (κ2) is 7.89. The number of carbonyl (C=O) groups excluding carboxylic acids is 2. The van der Waals surface area contributed by atoms with Crippen molar-refractivity contribution in [3.05, 3.63) is 106 Å². The van der Waals surface area contributed by atoms with E-state index in [0.29, 0.717) is 18.5 Å². The number of carbonyl (C=O) groups is 2. The van der Waals surface area contributed by atoms with E-state index in [1.807, 2.05) is 66.0 Å². The van der Waals surface area contributed by atoms with Crippen LogP contribution >= 0.6 is 11.3 Å². The van der Waals surface area contributed by atoms with E-state index in [9.17, 15) is 14.7 Å². The van der Waals surface area contributed by atoms with Crippen LogP contribution in [0.3, 0.4) is 0 Å². The predicted molar refractivity (Wildman–Crippen MR) is 119 cm³/mol. The predicted octanol–water partition coefficient (Wildman–Crippen LogP) is 5.32. The van der Waals surface area contributed by atoms with E-state index in [4.69, 9.17) is 4.42 Å². The number of aliphatic hydroxyl groups excluding tert-OH is 1. The van der Waals surface area contributed by atoms with Crippen LogP contribution in [0.5, 0.6) is 0 Å². The molecule has 1 atom stereocenters. The molecule has 31 heavy (non-hydrogen) atoms. The number of para-hydroxylation sites is 1. The molecular weight excluding hydrogens is 410 g/mol. The number of benzene rings is 2. The standard InChI is InChI=1S/C25H19NO4S/c27-23(19-15-17-9-4-5-10-18(17)30-19)21-22(20-11-6-14-31-20)26(25(29)24(21)28)13-12-16-7-2-1-3-8-16/h1-11,14-15,22,28H,12-13H2. The summed E-state index contributed by atoms with van der Waals surface area (Å²) in [6.45, 7) is 0.381. The van der Waals surface area contributed by atoms with Crippen LogP contribution in [0, 0.1) is 0 Å². The van der Waals surface area contributed by atoms with Crippen molar-refractivity contribution in [2.75, 3.05) is 6.54 Å². The highest BCUT2D eigenvalue weighted by molar-refractivity contribution is 7.10. The van der Waals surface area contributed by atoms with E-state index < -0.39 is 23.5 Å². The molecule has 1 unspecified atom stereocenters. The summed E-state index contributed by atoms with van der Waals surface area (Å²) in [6, 6.07) is 21.9. The lowest BCUT2D eigenvalue weighted by atomic mass is 10.00. The van der Waals surface area contributed by atoms with Crippen LogP contribution in [0.1, 0.15) is 27.0 Å². The Morgan fingerprint density at radius 1 is 1.03 bits per heavy atom. The summed E-state index contributed by atoms with van der Waals surface area (Å²) in [4.78, 5) is 28.8. The molecule has 1 aliphatic heterocycles. The van der Waals surface area contributed by atoms with Gasteiger partial charge in [-0.1, -0.05) is 54.6 Å². The molecule has 4 aromatic rings. The van der Waals surface area contributed by atoms with Gasteiger partial charge < -0.3 is 14.4 Å². The smallest absolute Gasteiger partial charge is 0.290 e. The number of ketones is 1. The van der Waals surface area contributed by atoms with Crippen molar-refractivity contribution in [3.8, 4) is 0 Å². The normalized spacial score (nSPS) is 16.5. The Morgan fingerprint density at radius 3 is 2.55 bits per heavy atom. The summed E-state index contributed by atoms with van der Waals surface area (Å²) in [6.07, 6.45) is 0.619. The van der Waals surface area contributed by atoms with Gasteiger partial charge in [0.15, 0.2) is 11.5 Å². The molecule has 154 valence electrons. The molecule has 0 spiro atoms. The lowest BCUT2D eigenvalue weighted by Gasteiger charge is -2.25. The van der Waals surface area contributed by atoms with Crippen LogP contribution in [-0.2, 0) is 11.2 Å². The summed E-state index contributed by atoms with van der Waals surface area (Å²) in [5, 5.41) is 13.4. The number of aliphatic hydroxyl groups is 1. The van der Waals surface area contributed by atoms with Crippen LogP contribution < -0.4 is 0 Å². The van der Waals surface area contributed by atoms with Crippen molar-refractivity contribution in [2.24, 2.45) is 0 Å². The molecule has 0 saturated heterocycles. The first-order valence-corrected chi connectivity index (χ1v) is 10.9. The van der Waals surface area contributed by atoms with Crippen LogP contribution in [0.25, 0.3) is 11.0 Å². The van der Waals surface area contributed by atoms with Gasteiger partial charge in [0.25, 0.3) is 5.91 Å². The van der Waals surface area contributed by atoms with Gasteiger partial charge in [0.2, 0.25) is 5.78 Å². The summed E-state index contributed by atoms with van der Waals surface area (Å²) in [5.41, 5.74) is 1.74. The molecule has 1 aliphatic rings. The molecule has 3 heterocycles. The van der Waals surface area contributed by atoms with Crippen LogP contribution in [-0.4, -0.2) is 28.2 Å². The van der Waals surface area contributed by atoms with Gasteiger partial charge in [0, 0.05) is 16.8 Å². The summed E-state index contributed by atoms with van der Waals surface area (Å²) >= 11 is 1.45. The minimum atomic E-state index is -0.642. The Morgan fingerprint density at radius 2 is 1.81 bits per heavy atom. The average Bonchev–Trinajstić information content (AvgIpc) is 3.52. The molecule has 1 amide bonds. The third kappa shape index (κ3) is 3.45. The first-order valence-electron chi connectivity index (χ1n) is 9.98. The molecule has 2 aromatic carbocycles. The van der Waals surface area contributed by atoms with Gasteiger partial charge in [0.05, 0.1) is 11.6 Å². The first kappa shape index (κ1) is 19.3. The number of hydrogen-bond donors (Lipinski definition) is 1. The summed E-state index contributed by atoms with van der Waals surface area (Å²) < 4.78 is 5.73. The van der Waals surface area contributed by atoms with E-state index in [2.05, 4.69) is 0 Å². The van der Waals surface area contributed by atoms with Gasteiger partial charge in [-0.25, -0.2) is 0 Å². The fourth-order valence-corrected chi connectivity index (χ4v) is 4.83. The Hall–Kier alpha value is -3.64. The zero-order valence-corrected chi connectivity index (χ0v) is 17.3. The number of fused-ring (bicyclic) bond motifs is 1. The molecule has 2 aromatic heterocycles. The van der Waals surface area contributed by atoms with Gasteiger partial charge in [-0.3, -0.25) is 9.59 Å². The van der Waals surface area contributed by atoms with E-state index in [-0.39, 0.29) is 11.3 Å². The van der Waals surface area contributed by atoms with E-state index in [1.54, 1.807) is 17.0 Å². The maximum Gasteiger partial charge on any atom is 0.290 e. The molecule has 5 rings (SSSR count). The van der Waals surface area contributed by atoms with E-state index in [1.165, 1.54) is 11.3 Å². The molecule has 0 fully saturated rings. The molecule has 0 radical (unpaired) electrons. The monoisotopic (exact) mass is 429 g/mol. The Balaban J connectivity index is 1.51. The molecular formula is C25H19NO4S. The van der Waals surface area contributed by atoms with Crippen LogP contribution in [0.4, 0.5) is 0 Å². The SMILES string of the molecule is O=C(C1=C(O)C(=O)N(CCc2ccccc2)C1c1cccs1)c1cc2ccccc2o1. The third-order valence-electron chi connectivity index (χ3n) is 5.49. The highest BCUT2D eigenvalue weighted by atomic mass is 32.1. The Kier molecular flexibility index (Phi) is 4.92. The van der Waals surface area contributed by atoms with E-state index in [0.717, 1.165) is 15.8 Å². The van der Waals surface area contributed by atoms with Crippen molar-refractivity contribution in [1.29, 1.82) is 0 Å². The number of amides is 1.